The van der Waals surface area contributed by atoms with Crippen molar-refractivity contribution < 1.29 is 9.21 Å². The third kappa shape index (κ3) is 3.63. The number of urea groups is 1. The van der Waals surface area contributed by atoms with Crippen LogP contribution in [0.3, 0.4) is 0 Å². The van der Waals surface area contributed by atoms with Gasteiger partial charge in [0.1, 0.15) is 5.76 Å². The number of benzene rings is 2. The standard InChI is InChI=1S/C26H25N3O2/c1-2-19-11-13-20(14-12-19)25-24-10-5-15-28(24)23-9-4-3-7-21(23)18-29(25)26(30)27-17-22-8-6-16-31-22/h3-16,25H,2,17-18H2,1H3,(H,27,30)/t25-/m1/s1. The molecule has 1 aliphatic heterocycles. The lowest BCUT2D eigenvalue weighted by molar-refractivity contribution is 0.179. The van der Waals surface area contributed by atoms with Gasteiger partial charge in [0.25, 0.3) is 0 Å². The summed E-state index contributed by atoms with van der Waals surface area (Å²) in [5.41, 5.74) is 5.67. The third-order valence-corrected chi connectivity index (χ3v) is 5.92. The number of nitrogens with zero attached hydrogens (tertiary/aromatic N) is 2. The van der Waals surface area contributed by atoms with Crippen LogP contribution in [-0.2, 0) is 19.5 Å². The van der Waals surface area contributed by atoms with E-state index in [2.05, 4.69) is 65.5 Å². The molecule has 1 aliphatic rings. The molecular formula is C26H25N3O2. The average molecular weight is 412 g/mol. The second-order valence-electron chi connectivity index (χ2n) is 7.80. The van der Waals surface area contributed by atoms with Gasteiger partial charge in [-0.05, 0) is 53.4 Å². The predicted molar refractivity (Wildman–Crippen MR) is 120 cm³/mol. The number of rotatable bonds is 4. The Bertz CT molecular complexity index is 1180. The highest BCUT2D eigenvalue weighted by Crippen LogP contribution is 2.36. The smallest absolute Gasteiger partial charge is 0.318 e. The largest absolute Gasteiger partial charge is 0.467 e. The molecule has 0 spiro atoms. The Morgan fingerprint density at radius 1 is 1.03 bits per heavy atom. The number of carbonyl (C=O) groups excluding carboxylic acids is 1. The van der Waals surface area contributed by atoms with Crippen molar-refractivity contribution in [2.24, 2.45) is 0 Å². The van der Waals surface area contributed by atoms with E-state index in [0.29, 0.717) is 13.1 Å². The monoisotopic (exact) mass is 411 g/mol. The average Bonchev–Trinajstić information content (AvgIpc) is 3.48. The van der Waals surface area contributed by atoms with Crippen molar-refractivity contribution in [2.45, 2.75) is 32.5 Å². The van der Waals surface area contributed by atoms with Crippen LogP contribution in [0.2, 0.25) is 0 Å². The van der Waals surface area contributed by atoms with Crippen LogP contribution in [0.15, 0.2) is 89.7 Å². The lowest BCUT2D eigenvalue weighted by atomic mass is 10.00. The van der Waals surface area contributed by atoms with Crippen molar-refractivity contribution in [3.8, 4) is 5.69 Å². The molecular weight excluding hydrogens is 386 g/mol. The minimum Gasteiger partial charge on any atom is -0.467 e. The van der Waals surface area contributed by atoms with E-state index >= 15 is 0 Å². The number of carbonyl (C=O) groups is 1. The lowest BCUT2D eigenvalue weighted by Crippen LogP contribution is -2.41. The number of furan rings is 1. The van der Waals surface area contributed by atoms with Gasteiger partial charge in [0.15, 0.2) is 0 Å². The highest BCUT2D eigenvalue weighted by Gasteiger charge is 2.32. The first kappa shape index (κ1) is 19.2. The fourth-order valence-corrected chi connectivity index (χ4v) is 4.30. The first-order chi connectivity index (χ1) is 15.2. The zero-order valence-corrected chi connectivity index (χ0v) is 17.5. The number of fused-ring (bicyclic) bond motifs is 3. The van der Waals surface area contributed by atoms with Crippen LogP contribution in [-0.4, -0.2) is 15.5 Å². The fourth-order valence-electron chi connectivity index (χ4n) is 4.30. The summed E-state index contributed by atoms with van der Waals surface area (Å²) in [6, 6.07) is 24.4. The Hall–Kier alpha value is -3.73. The van der Waals surface area contributed by atoms with Gasteiger partial charge in [-0.1, -0.05) is 49.4 Å². The van der Waals surface area contributed by atoms with Crippen molar-refractivity contribution in [1.82, 2.24) is 14.8 Å². The Morgan fingerprint density at radius 3 is 2.65 bits per heavy atom. The number of hydrogen-bond acceptors (Lipinski definition) is 2. The number of amides is 2. The van der Waals surface area contributed by atoms with Crippen molar-refractivity contribution >= 4 is 6.03 Å². The predicted octanol–water partition coefficient (Wildman–Crippen LogP) is 5.45. The van der Waals surface area contributed by atoms with Crippen LogP contribution in [0, 0.1) is 0 Å². The van der Waals surface area contributed by atoms with E-state index in [1.807, 2.05) is 35.2 Å². The van der Waals surface area contributed by atoms with Gasteiger partial charge < -0.3 is 19.2 Å². The number of hydrogen-bond donors (Lipinski definition) is 1. The highest BCUT2D eigenvalue weighted by atomic mass is 16.3. The van der Waals surface area contributed by atoms with Crippen LogP contribution in [0.1, 0.15) is 41.1 Å². The zero-order chi connectivity index (χ0) is 21.2. The van der Waals surface area contributed by atoms with E-state index in [9.17, 15) is 4.79 Å². The van der Waals surface area contributed by atoms with Crippen molar-refractivity contribution in [3.05, 3.63) is 113 Å². The van der Waals surface area contributed by atoms with Gasteiger partial charge in [-0.2, -0.15) is 0 Å². The van der Waals surface area contributed by atoms with Crippen LogP contribution >= 0.6 is 0 Å². The summed E-state index contributed by atoms with van der Waals surface area (Å²) < 4.78 is 7.60. The summed E-state index contributed by atoms with van der Waals surface area (Å²) in [5.74, 6) is 0.732. The van der Waals surface area contributed by atoms with Crippen LogP contribution in [0.4, 0.5) is 4.79 Å². The SMILES string of the molecule is CCc1ccc([C@@H]2c3cccn3-c3ccccc3CN2C(=O)NCc2ccco2)cc1. The van der Waals surface area contributed by atoms with Crippen molar-refractivity contribution in [2.75, 3.05) is 0 Å². The lowest BCUT2D eigenvalue weighted by Gasteiger charge is -2.31. The zero-order valence-electron chi connectivity index (χ0n) is 17.5. The second kappa shape index (κ2) is 8.19. The molecule has 0 saturated carbocycles. The van der Waals surface area contributed by atoms with Gasteiger partial charge in [-0.3, -0.25) is 0 Å². The first-order valence-corrected chi connectivity index (χ1v) is 10.7. The van der Waals surface area contributed by atoms with E-state index in [-0.39, 0.29) is 12.1 Å². The van der Waals surface area contributed by atoms with E-state index in [1.165, 1.54) is 5.56 Å². The summed E-state index contributed by atoms with van der Waals surface area (Å²) >= 11 is 0. The van der Waals surface area contributed by atoms with Gasteiger partial charge in [0.05, 0.1) is 31.1 Å². The molecule has 1 atom stereocenters. The molecule has 31 heavy (non-hydrogen) atoms. The van der Waals surface area contributed by atoms with E-state index in [4.69, 9.17) is 4.42 Å². The van der Waals surface area contributed by atoms with E-state index in [1.54, 1.807) is 6.26 Å². The first-order valence-electron chi connectivity index (χ1n) is 10.7. The van der Waals surface area contributed by atoms with Gasteiger partial charge >= 0.3 is 6.03 Å². The molecule has 0 aliphatic carbocycles. The quantitative estimate of drug-likeness (QED) is 0.486. The maximum Gasteiger partial charge on any atom is 0.318 e. The molecule has 5 nitrogen and oxygen atoms in total. The molecule has 1 N–H and O–H groups in total. The fraction of sp³-hybridized carbons (Fsp3) is 0.192. The topological polar surface area (TPSA) is 50.4 Å². The Kier molecular flexibility index (Phi) is 5.08. The van der Waals surface area contributed by atoms with Gasteiger partial charge in [0, 0.05) is 11.9 Å². The third-order valence-electron chi connectivity index (χ3n) is 5.92. The van der Waals surface area contributed by atoms with E-state index in [0.717, 1.165) is 34.7 Å². The van der Waals surface area contributed by atoms with Crippen molar-refractivity contribution in [3.63, 3.8) is 0 Å². The Balaban J connectivity index is 1.57. The second-order valence-corrected chi connectivity index (χ2v) is 7.80. The molecule has 2 amide bonds. The molecule has 5 heteroatoms. The molecule has 4 aromatic rings. The van der Waals surface area contributed by atoms with Crippen molar-refractivity contribution in [1.29, 1.82) is 0 Å². The summed E-state index contributed by atoms with van der Waals surface area (Å²) in [7, 11) is 0. The van der Waals surface area contributed by atoms with Crippen LogP contribution in [0.5, 0.6) is 0 Å². The number of aryl methyl sites for hydroxylation is 1. The maximum absolute atomic E-state index is 13.5. The van der Waals surface area contributed by atoms with Gasteiger partial charge in [-0.15, -0.1) is 0 Å². The number of aromatic nitrogens is 1. The minimum atomic E-state index is -0.204. The molecule has 0 radical (unpaired) electrons. The molecule has 156 valence electrons. The molecule has 0 saturated heterocycles. The summed E-state index contributed by atoms with van der Waals surface area (Å²) in [6.45, 7) is 3.02. The number of para-hydroxylation sites is 1. The van der Waals surface area contributed by atoms with Crippen LogP contribution < -0.4 is 5.32 Å². The summed E-state index contributed by atoms with van der Waals surface area (Å²) in [5, 5.41) is 3.04. The molecule has 2 aromatic carbocycles. The molecule has 0 bridgehead atoms. The maximum atomic E-state index is 13.5. The molecule has 0 unspecified atom stereocenters. The molecule has 0 fully saturated rings. The number of nitrogens with one attached hydrogen (secondary N) is 1. The highest BCUT2D eigenvalue weighted by molar-refractivity contribution is 5.76. The molecule has 2 aromatic heterocycles. The normalized spacial score (nSPS) is 15.1. The van der Waals surface area contributed by atoms with Gasteiger partial charge in [-0.25, -0.2) is 4.79 Å². The summed E-state index contributed by atoms with van der Waals surface area (Å²) in [4.78, 5) is 15.4. The Labute approximate surface area is 181 Å². The molecule has 5 rings (SSSR count). The summed E-state index contributed by atoms with van der Waals surface area (Å²) in [6.07, 6.45) is 4.68. The van der Waals surface area contributed by atoms with Crippen LogP contribution in [0.25, 0.3) is 5.69 Å². The Morgan fingerprint density at radius 2 is 1.87 bits per heavy atom. The molecule has 3 heterocycles. The van der Waals surface area contributed by atoms with E-state index < -0.39 is 0 Å². The van der Waals surface area contributed by atoms with Gasteiger partial charge in [0.2, 0.25) is 0 Å². The minimum absolute atomic E-state index is 0.120.